The highest BCUT2D eigenvalue weighted by molar-refractivity contribution is 5.97. The van der Waals surface area contributed by atoms with Crippen molar-refractivity contribution in [1.29, 1.82) is 0 Å². The van der Waals surface area contributed by atoms with Crippen molar-refractivity contribution in [3.05, 3.63) is 36.1 Å². The Morgan fingerprint density at radius 1 is 1.26 bits per heavy atom. The predicted molar refractivity (Wildman–Crippen MR) is 70.0 cm³/mol. The van der Waals surface area contributed by atoms with Crippen molar-refractivity contribution in [3.8, 4) is 5.75 Å². The van der Waals surface area contributed by atoms with Gasteiger partial charge in [-0.2, -0.15) is 0 Å². The van der Waals surface area contributed by atoms with Gasteiger partial charge >= 0.3 is 6.09 Å². The zero-order chi connectivity index (χ0) is 13.7. The zero-order valence-electron chi connectivity index (χ0n) is 10.6. The first-order valence-electron chi connectivity index (χ1n) is 6.05. The van der Waals surface area contributed by atoms with Crippen LogP contribution in [0.4, 0.5) is 10.5 Å². The molecule has 2 rings (SSSR count). The first kappa shape index (κ1) is 13.1. The number of carbonyl (C=O) groups excluding carboxylic acids is 2. The summed E-state index contributed by atoms with van der Waals surface area (Å²) in [5, 5.41) is 2.55. The van der Waals surface area contributed by atoms with Gasteiger partial charge in [0, 0.05) is 12.1 Å². The molecule has 0 bridgehead atoms. The second-order valence-corrected chi connectivity index (χ2v) is 4.13. The van der Waals surface area contributed by atoms with E-state index in [1.165, 1.54) is 0 Å². The van der Waals surface area contributed by atoms with Crippen molar-refractivity contribution in [2.45, 2.75) is 19.3 Å². The average molecular weight is 261 g/mol. The molecule has 5 heteroatoms. The topological polar surface area (TPSA) is 64.6 Å². The normalized spacial score (nSPS) is 14.6. The number of nitrogens with one attached hydrogen (secondary N) is 1. The smallest absolute Gasteiger partial charge is 0.417 e. The molecule has 1 aliphatic carbocycles. The van der Waals surface area contributed by atoms with Crippen molar-refractivity contribution in [1.82, 2.24) is 0 Å². The van der Waals surface area contributed by atoms with Crippen LogP contribution in [-0.2, 0) is 9.53 Å². The van der Waals surface area contributed by atoms with Gasteiger partial charge in [-0.25, -0.2) is 4.79 Å². The van der Waals surface area contributed by atoms with Crippen LogP contribution in [0.3, 0.4) is 0 Å². The van der Waals surface area contributed by atoms with Crippen LogP contribution in [0.2, 0.25) is 0 Å². The van der Waals surface area contributed by atoms with E-state index < -0.39 is 6.09 Å². The van der Waals surface area contributed by atoms with E-state index >= 15 is 0 Å². The molecular weight excluding hydrogens is 246 g/mol. The molecule has 1 aromatic rings. The Balaban J connectivity index is 1.93. The van der Waals surface area contributed by atoms with Crippen molar-refractivity contribution in [2.75, 3.05) is 12.4 Å². The van der Waals surface area contributed by atoms with Gasteiger partial charge < -0.3 is 9.47 Å². The molecule has 1 aromatic carbocycles. The Hall–Kier alpha value is -2.30. The fraction of sp³-hybridized carbons (Fsp3) is 0.286. The number of hydrogen-bond donors (Lipinski definition) is 1. The van der Waals surface area contributed by atoms with E-state index in [-0.39, 0.29) is 11.5 Å². The number of anilines is 1. The third-order valence-electron chi connectivity index (χ3n) is 2.75. The van der Waals surface area contributed by atoms with Gasteiger partial charge in [0.05, 0.1) is 7.11 Å². The van der Waals surface area contributed by atoms with Crippen LogP contribution < -0.4 is 10.1 Å². The second kappa shape index (κ2) is 6.04. The molecule has 0 heterocycles. The Morgan fingerprint density at radius 3 is 2.63 bits per heavy atom. The van der Waals surface area contributed by atoms with E-state index in [1.807, 2.05) is 0 Å². The van der Waals surface area contributed by atoms with Crippen LogP contribution in [-0.4, -0.2) is 19.0 Å². The Morgan fingerprint density at radius 2 is 2.00 bits per heavy atom. The minimum Gasteiger partial charge on any atom is -0.497 e. The number of allylic oxidation sites excluding steroid dienone is 2. The first-order chi connectivity index (χ1) is 9.19. The molecule has 19 heavy (non-hydrogen) atoms. The number of carbonyl (C=O) groups is 2. The Labute approximate surface area is 111 Å². The molecule has 0 saturated heterocycles. The van der Waals surface area contributed by atoms with Crippen LogP contribution in [0.25, 0.3) is 0 Å². The molecule has 0 saturated carbocycles. The van der Waals surface area contributed by atoms with Crippen molar-refractivity contribution < 1.29 is 19.1 Å². The minimum atomic E-state index is -0.660. The maximum atomic E-state index is 11.6. The number of methoxy groups -OCH3 is 1. The molecule has 5 nitrogen and oxygen atoms in total. The zero-order valence-corrected chi connectivity index (χ0v) is 10.6. The van der Waals surface area contributed by atoms with Gasteiger partial charge in [-0.15, -0.1) is 0 Å². The molecule has 0 radical (unpaired) electrons. The molecule has 0 aromatic heterocycles. The molecule has 0 unspecified atom stereocenters. The molecular formula is C14H15NO4. The lowest BCUT2D eigenvalue weighted by molar-refractivity contribution is -0.118. The summed E-state index contributed by atoms with van der Waals surface area (Å²) < 4.78 is 10.0. The SMILES string of the molecule is COc1ccc(NC(=O)OC2=CCCCC2=O)cc1. The summed E-state index contributed by atoms with van der Waals surface area (Å²) in [6.45, 7) is 0. The Bertz CT molecular complexity index is 505. The molecule has 0 aliphatic heterocycles. The molecule has 1 amide bonds. The summed E-state index contributed by atoms with van der Waals surface area (Å²) in [6.07, 6.45) is 3.00. The van der Waals surface area contributed by atoms with Gasteiger partial charge in [0.2, 0.25) is 0 Å². The number of ketones is 1. The van der Waals surface area contributed by atoms with Crippen molar-refractivity contribution >= 4 is 17.6 Å². The van der Waals surface area contributed by atoms with Crippen molar-refractivity contribution in [3.63, 3.8) is 0 Å². The van der Waals surface area contributed by atoms with E-state index in [4.69, 9.17) is 9.47 Å². The van der Waals surface area contributed by atoms with E-state index in [0.717, 1.165) is 12.8 Å². The monoisotopic (exact) mass is 261 g/mol. The predicted octanol–water partition coefficient (Wildman–Crippen LogP) is 2.88. The third-order valence-corrected chi connectivity index (χ3v) is 2.75. The lowest BCUT2D eigenvalue weighted by Gasteiger charge is -2.12. The maximum absolute atomic E-state index is 11.6. The summed E-state index contributed by atoms with van der Waals surface area (Å²) in [5.41, 5.74) is 0.578. The fourth-order valence-electron chi connectivity index (χ4n) is 1.75. The summed E-state index contributed by atoms with van der Waals surface area (Å²) in [7, 11) is 1.57. The quantitative estimate of drug-likeness (QED) is 0.908. The summed E-state index contributed by atoms with van der Waals surface area (Å²) in [6, 6.07) is 6.83. The highest BCUT2D eigenvalue weighted by Crippen LogP contribution is 2.18. The van der Waals surface area contributed by atoms with E-state index in [9.17, 15) is 9.59 Å². The summed E-state index contributed by atoms with van der Waals surface area (Å²) >= 11 is 0. The molecule has 1 aliphatic rings. The van der Waals surface area contributed by atoms with Crippen LogP contribution >= 0.6 is 0 Å². The fourth-order valence-corrected chi connectivity index (χ4v) is 1.75. The third kappa shape index (κ3) is 3.58. The van der Waals surface area contributed by atoms with Gasteiger partial charge in [0.25, 0.3) is 0 Å². The lowest BCUT2D eigenvalue weighted by atomic mass is 10.1. The van der Waals surface area contributed by atoms with Gasteiger partial charge in [-0.3, -0.25) is 10.1 Å². The summed E-state index contributed by atoms with van der Waals surface area (Å²) in [5.74, 6) is 0.706. The second-order valence-electron chi connectivity index (χ2n) is 4.13. The van der Waals surface area contributed by atoms with Crippen LogP contribution in [0, 0.1) is 0 Å². The highest BCUT2D eigenvalue weighted by atomic mass is 16.6. The largest absolute Gasteiger partial charge is 0.497 e. The molecule has 0 spiro atoms. The number of Topliss-reactive ketones (excluding diaryl/α,β-unsaturated/α-hetero) is 1. The van der Waals surface area contributed by atoms with Gasteiger partial charge in [-0.05, 0) is 43.2 Å². The average Bonchev–Trinajstić information content (AvgIpc) is 2.42. The number of benzene rings is 1. The summed E-state index contributed by atoms with van der Waals surface area (Å²) in [4.78, 5) is 23.1. The first-order valence-corrected chi connectivity index (χ1v) is 6.05. The Kier molecular flexibility index (Phi) is 4.18. The van der Waals surface area contributed by atoms with Crippen LogP contribution in [0.1, 0.15) is 19.3 Å². The van der Waals surface area contributed by atoms with E-state index in [1.54, 1.807) is 37.5 Å². The molecule has 0 fully saturated rings. The minimum absolute atomic E-state index is 0.129. The molecule has 0 atom stereocenters. The van der Waals surface area contributed by atoms with E-state index in [0.29, 0.717) is 17.9 Å². The van der Waals surface area contributed by atoms with Gasteiger partial charge in [-0.1, -0.05) is 0 Å². The highest BCUT2D eigenvalue weighted by Gasteiger charge is 2.18. The van der Waals surface area contributed by atoms with Gasteiger partial charge in [0.1, 0.15) is 5.75 Å². The number of amides is 1. The van der Waals surface area contributed by atoms with Gasteiger partial charge in [0.15, 0.2) is 11.5 Å². The molecule has 1 N–H and O–H groups in total. The standard InChI is InChI=1S/C14H15NO4/c1-18-11-8-6-10(7-9-11)15-14(17)19-13-5-3-2-4-12(13)16/h5-9H,2-4H2,1H3,(H,15,17). The van der Waals surface area contributed by atoms with Crippen LogP contribution in [0.15, 0.2) is 36.1 Å². The number of rotatable bonds is 3. The van der Waals surface area contributed by atoms with Crippen LogP contribution in [0.5, 0.6) is 5.75 Å². The number of ether oxygens (including phenoxy) is 2. The number of hydrogen-bond acceptors (Lipinski definition) is 4. The maximum Gasteiger partial charge on any atom is 0.417 e. The lowest BCUT2D eigenvalue weighted by Crippen LogP contribution is -2.18. The molecule has 100 valence electrons. The van der Waals surface area contributed by atoms with Crippen molar-refractivity contribution in [2.24, 2.45) is 0 Å². The van der Waals surface area contributed by atoms with E-state index in [2.05, 4.69) is 5.32 Å².